The zero-order chi connectivity index (χ0) is 9.47. The van der Waals surface area contributed by atoms with Gasteiger partial charge in [-0.1, -0.05) is 0 Å². The summed E-state index contributed by atoms with van der Waals surface area (Å²) < 4.78 is 26.5. The first-order chi connectivity index (χ1) is 6.09. The van der Waals surface area contributed by atoms with E-state index in [1.165, 1.54) is 30.0 Å². The molecule has 4 heteroatoms. The standard InChI is InChI=1S/C9H8F2OS/c10-9(11)3-4-13-8-5-6(12)1-2-7(8)9/h1-2,5,12H,3-4H2. The number of hydrogen-bond acceptors (Lipinski definition) is 2. The molecule has 1 aliphatic rings. The van der Waals surface area contributed by atoms with Crippen LogP contribution in [0.25, 0.3) is 0 Å². The second kappa shape index (κ2) is 2.87. The minimum absolute atomic E-state index is 0.0431. The van der Waals surface area contributed by atoms with Crippen LogP contribution in [0, 0.1) is 0 Å². The summed E-state index contributed by atoms with van der Waals surface area (Å²) in [7, 11) is 0. The minimum Gasteiger partial charge on any atom is -0.508 e. The fourth-order valence-electron chi connectivity index (χ4n) is 1.36. The molecule has 13 heavy (non-hydrogen) atoms. The molecule has 2 rings (SSSR count). The molecule has 1 N–H and O–H groups in total. The number of fused-ring (bicyclic) bond motifs is 1. The van der Waals surface area contributed by atoms with Gasteiger partial charge in [-0.25, -0.2) is 8.78 Å². The molecule has 1 aromatic rings. The molecule has 0 amide bonds. The molecule has 0 unspecified atom stereocenters. The Morgan fingerprint density at radius 1 is 1.38 bits per heavy atom. The first-order valence-electron chi connectivity index (χ1n) is 3.94. The lowest BCUT2D eigenvalue weighted by atomic mass is 10.1. The van der Waals surface area contributed by atoms with Gasteiger partial charge in [0, 0.05) is 22.6 Å². The van der Waals surface area contributed by atoms with Crippen molar-refractivity contribution in [1.82, 2.24) is 0 Å². The first-order valence-corrected chi connectivity index (χ1v) is 4.92. The highest BCUT2D eigenvalue weighted by atomic mass is 32.2. The van der Waals surface area contributed by atoms with Crippen molar-refractivity contribution in [3.8, 4) is 5.75 Å². The van der Waals surface area contributed by atoms with Crippen molar-refractivity contribution in [3.05, 3.63) is 23.8 Å². The molecule has 0 radical (unpaired) electrons. The van der Waals surface area contributed by atoms with E-state index in [2.05, 4.69) is 0 Å². The molecule has 1 heterocycles. The van der Waals surface area contributed by atoms with Gasteiger partial charge < -0.3 is 5.11 Å². The van der Waals surface area contributed by atoms with Gasteiger partial charge in [0.05, 0.1) is 0 Å². The molecule has 0 aliphatic carbocycles. The van der Waals surface area contributed by atoms with E-state index in [1.54, 1.807) is 0 Å². The van der Waals surface area contributed by atoms with E-state index >= 15 is 0 Å². The van der Waals surface area contributed by atoms with E-state index in [4.69, 9.17) is 5.11 Å². The smallest absolute Gasteiger partial charge is 0.275 e. The van der Waals surface area contributed by atoms with Gasteiger partial charge in [-0.3, -0.25) is 0 Å². The SMILES string of the molecule is Oc1ccc2c(c1)SCCC2(F)F. The van der Waals surface area contributed by atoms with Crippen molar-refractivity contribution < 1.29 is 13.9 Å². The van der Waals surface area contributed by atoms with E-state index in [0.717, 1.165) is 0 Å². The number of alkyl halides is 2. The summed E-state index contributed by atoms with van der Waals surface area (Å²) in [6, 6.07) is 4.00. The van der Waals surface area contributed by atoms with Crippen LogP contribution in [-0.2, 0) is 5.92 Å². The van der Waals surface area contributed by atoms with Crippen LogP contribution in [0.1, 0.15) is 12.0 Å². The van der Waals surface area contributed by atoms with Crippen molar-refractivity contribution in [2.75, 3.05) is 5.75 Å². The van der Waals surface area contributed by atoms with E-state index in [9.17, 15) is 8.78 Å². The number of halogens is 2. The monoisotopic (exact) mass is 202 g/mol. The highest BCUT2D eigenvalue weighted by molar-refractivity contribution is 7.99. The summed E-state index contributed by atoms with van der Waals surface area (Å²) >= 11 is 1.37. The zero-order valence-corrected chi connectivity index (χ0v) is 7.57. The van der Waals surface area contributed by atoms with Gasteiger partial charge >= 0.3 is 0 Å². The highest BCUT2D eigenvalue weighted by Gasteiger charge is 2.36. The van der Waals surface area contributed by atoms with Gasteiger partial charge in [0.15, 0.2) is 0 Å². The maximum atomic E-state index is 13.2. The maximum absolute atomic E-state index is 13.2. The third kappa shape index (κ3) is 1.50. The predicted octanol–water partition coefficient (Wildman–Crippen LogP) is 2.98. The predicted molar refractivity (Wildman–Crippen MR) is 47.3 cm³/mol. The molecule has 0 aromatic heterocycles. The Morgan fingerprint density at radius 3 is 2.92 bits per heavy atom. The molecular formula is C9H8F2OS. The molecule has 0 saturated carbocycles. The summed E-state index contributed by atoms with van der Waals surface area (Å²) in [6.45, 7) is 0. The van der Waals surface area contributed by atoms with Crippen LogP contribution >= 0.6 is 11.8 Å². The van der Waals surface area contributed by atoms with Gasteiger partial charge in [-0.2, -0.15) is 0 Å². The van der Waals surface area contributed by atoms with E-state index in [-0.39, 0.29) is 17.7 Å². The Bertz CT molecular complexity index is 338. The topological polar surface area (TPSA) is 20.2 Å². The fourth-order valence-corrected chi connectivity index (χ4v) is 2.51. The third-order valence-corrected chi connectivity index (χ3v) is 3.09. The van der Waals surface area contributed by atoms with Gasteiger partial charge in [0.1, 0.15) is 5.75 Å². The van der Waals surface area contributed by atoms with Crippen LogP contribution in [0.3, 0.4) is 0 Å². The van der Waals surface area contributed by atoms with Crippen molar-refractivity contribution in [3.63, 3.8) is 0 Å². The quantitative estimate of drug-likeness (QED) is 0.698. The van der Waals surface area contributed by atoms with Crippen LogP contribution in [0.15, 0.2) is 23.1 Å². The summed E-state index contributed by atoms with van der Waals surface area (Å²) in [6.07, 6.45) is -0.116. The number of benzene rings is 1. The number of hydrogen-bond donors (Lipinski definition) is 1. The highest BCUT2D eigenvalue weighted by Crippen LogP contribution is 2.44. The molecule has 0 bridgehead atoms. The average molecular weight is 202 g/mol. The molecule has 0 fully saturated rings. The van der Waals surface area contributed by atoms with E-state index < -0.39 is 5.92 Å². The van der Waals surface area contributed by atoms with E-state index in [0.29, 0.717) is 10.6 Å². The van der Waals surface area contributed by atoms with Gasteiger partial charge in [-0.15, -0.1) is 11.8 Å². The lowest BCUT2D eigenvalue weighted by molar-refractivity contribution is -0.0116. The summed E-state index contributed by atoms with van der Waals surface area (Å²) in [5.74, 6) is -2.28. The number of phenolic OH excluding ortho intramolecular Hbond substituents is 1. The fraction of sp³-hybridized carbons (Fsp3) is 0.333. The van der Waals surface area contributed by atoms with Crippen molar-refractivity contribution in [2.24, 2.45) is 0 Å². The summed E-state index contributed by atoms with van der Waals surface area (Å²) in [5, 5.41) is 9.10. The Kier molecular flexibility index (Phi) is 1.95. The second-order valence-corrected chi connectivity index (χ2v) is 4.12. The van der Waals surface area contributed by atoms with Crippen LogP contribution in [0.2, 0.25) is 0 Å². The lowest BCUT2D eigenvalue weighted by Gasteiger charge is -2.24. The summed E-state index contributed by atoms with van der Waals surface area (Å²) in [5.41, 5.74) is 0.0431. The molecule has 0 spiro atoms. The number of aromatic hydroxyl groups is 1. The van der Waals surface area contributed by atoms with Crippen molar-refractivity contribution in [2.45, 2.75) is 17.2 Å². The van der Waals surface area contributed by atoms with Gasteiger partial charge in [0.2, 0.25) is 0 Å². The lowest BCUT2D eigenvalue weighted by Crippen LogP contribution is -2.19. The van der Waals surface area contributed by atoms with Crippen LogP contribution in [0.5, 0.6) is 5.75 Å². The molecular weight excluding hydrogens is 194 g/mol. The van der Waals surface area contributed by atoms with Crippen molar-refractivity contribution >= 4 is 11.8 Å². The maximum Gasteiger partial charge on any atom is 0.275 e. The van der Waals surface area contributed by atoms with Crippen LogP contribution in [0.4, 0.5) is 8.78 Å². The minimum atomic E-state index is -2.73. The number of phenols is 1. The van der Waals surface area contributed by atoms with Gasteiger partial charge in [-0.05, 0) is 18.2 Å². The number of thioether (sulfide) groups is 1. The third-order valence-electron chi connectivity index (χ3n) is 2.03. The molecule has 0 saturated heterocycles. The molecule has 0 atom stereocenters. The largest absolute Gasteiger partial charge is 0.508 e. The zero-order valence-electron chi connectivity index (χ0n) is 6.76. The Hall–Kier alpha value is -0.770. The molecule has 1 nitrogen and oxygen atoms in total. The van der Waals surface area contributed by atoms with Crippen LogP contribution < -0.4 is 0 Å². The number of rotatable bonds is 0. The van der Waals surface area contributed by atoms with Crippen LogP contribution in [-0.4, -0.2) is 10.9 Å². The Balaban J connectivity index is 2.53. The van der Waals surface area contributed by atoms with E-state index in [1.807, 2.05) is 0 Å². The molecule has 70 valence electrons. The average Bonchev–Trinajstić information content (AvgIpc) is 2.02. The van der Waals surface area contributed by atoms with Gasteiger partial charge in [0.25, 0.3) is 5.92 Å². The first kappa shape index (κ1) is 8.81. The summed E-state index contributed by atoms with van der Waals surface area (Å²) in [4.78, 5) is 0.497. The van der Waals surface area contributed by atoms with Crippen molar-refractivity contribution in [1.29, 1.82) is 0 Å². The Labute approximate surface area is 78.8 Å². The molecule has 1 aromatic carbocycles. The second-order valence-electron chi connectivity index (χ2n) is 2.98. The normalized spacial score (nSPS) is 19.5. The molecule has 1 aliphatic heterocycles. The Morgan fingerprint density at radius 2 is 2.15 bits per heavy atom.